The van der Waals surface area contributed by atoms with E-state index in [2.05, 4.69) is 301 Å². The van der Waals surface area contributed by atoms with Crippen LogP contribution >= 0.6 is 0 Å². The summed E-state index contributed by atoms with van der Waals surface area (Å²) < 4.78 is 0. The first-order chi connectivity index (χ1) is 36.7. The van der Waals surface area contributed by atoms with E-state index in [0.717, 1.165) is 34.1 Å². The minimum atomic E-state index is -0.699. The Bertz CT molecular complexity index is 4060. The van der Waals surface area contributed by atoms with Gasteiger partial charge in [0.25, 0.3) is 0 Å². The Morgan fingerprint density at radius 1 is 0.216 bits per heavy atom. The van der Waals surface area contributed by atoms with Gasteiger partial charge in [-0.25, -0.2) is 0 Å². The lowest BCUT2D eigenvalue weighted by Crippen LogP contribution is -2.44. The third-order valence-electron chi connectivity index (χ3n) is 16.3. The quantitative estimate of drug-likeness (QED) is 0.157. The first-order valence-electron chi connectivity index (χ1n) is 25.8. The zero-order valence-electron chi connectivity index (χ0n) is 40.6. The number of rotatable bonds is 7. The minimum Gasteiger partial charge on any atom is -0.310 e. The van der Waals surface area contributed by atoms with Crippen molar-refractivity contribution in [2.75, 3.05) is 9.80 Å². The van der Waals surface area contributed by atoms with E-state index in [1.807, 2.05) is 0 Å². The third kappa shape index (κ3) is 5.94. The molecule has 2 heteroatoms. The van der Waals surface area contributed by atoms with E-state index in [9.17, 15) is 0 Å². The van der Waals surface area contributed by atoms with Crippen molar-refractivity contribution in [2.45, 2.75) is 10.8 Å². The third-order valence-corrected chi connectivity index (χ3v) is 16.3. The molecule has 0 aromatic heterocycles. The minimum absolute atomic E-state index is 0.698. The zero-order valence-corrected chi connectivity index (χ0v) is 40.6. The van der Waals surface area contributed by atoms with Gasteiger partial charge in [-0.3, -0.25) is 0 Å². The van der Waals surface area contributed by atoms with Gasteiger partial charge in [-0.1, -0.05) is 224 Å². The Labute approximate surface area is 432 Å². The van der Waals surface area contributed by atoms with Crippen LogP contribution in [0.25, 0.3) is 44.2 Å². The summed E-state index contributed by atoms with van der Waals surface area (Å²) in [5, 5.41) is 2.41. The lowest BCUT2D eigenvalue weighted by Gasteiger charge is -2.49. The van der Waals surface area contributed by atoms with E-state index in [1.165, 1.54) is 88.7 Å². The molecule has 0 heterocycles. The molecule has 0 saturated heterocycles. The molecule has 0 saturated carbocycles. The second-order valence-electron chi connectivity index (χ2n) is 19.9. The molecule has 74 heavy (non-hydrogen) atoms. The van der Waals surface area contributed by atoms with Crippen molar-refractivity contribution in [2.24, 2.45) is 0 Å². The van der Waals surface area contributed by atoms with Gasteiger partial charge in [-0.05, 0) is 150 Å². The highest BCUT2D eigenvalue weighted by atomic mass is 15.1. The smallest absolute Gasteiger partial charge is 0.0720 e. The average Bonchev–Trinajstić information content (AvgIpc) is 4.08. The highest BCUT2D eigenvalue weighted by Gasteiger charge is 2.59. The summed E-state index contributed by atoms with van der Waals surface area (Å²) in [7, 11) is 0. The van der Waals surface area contributed by atoms with Crippen LogP contribution in [0.4, 0.5) is 34.1 Å². The summed E-state index contributed by atoms with van der Waals surface area (Å²) in [5.41, 5.74) is 23.1. The van der Waals surface area contributed by atoms with Crippen LogP contribution in [-0.4, -0.2) is 0 Å². The molecule has 2 spiro atoms. The van der Waals surface area contributed by atoms with Gasteiger partial charge >= 0.3 is 0 Å². The molecule has 0 radical (unpaired) electrons. The number of fused-ring (bicyclic) bond motifs is 17. The fourth-order valence-corrected chi connectivity index (χ4v) is 13.4. The second kappa shape index (κ2) is 16.5. The van der Waals surface area contributed by atoms with Gasteiger partial charge in [0.1, 0.15) is 0 Å². The van der Waals surface area contributed by atoms with Crippen LogP contribution in [0.15, 0.2) is 291 Å². The number of nitrogens with zero attached hydrogens (tertiary/aromatic N) is 2. The summed E-state index contributed by atoms with van der Waals surface area (Å²) in [5.74, 6) is 0. The maximum atomic E-state index is 2.57. The lowest BCUT2D eigenvalue weighted by atomic mass is 9.52. The molecule has 0 aliphatic heterocycles. The van der Waals surface area contributed by atoms with Crippen molar-refractivity contribution in [1.29, 1.82) is 0 Å². The molecule has 0 unspecified atom stereocenters. The molecule has 0 N–H and O–H groups in total. The number of hydrogen-bond donors (Lipinski definition) is 0. The Hall–Kier alpha value is -9.50. The SMILES string of the molecule is c1ccc(-c2cccc(N(c3ccccc3)c3ccc4c(c3)C3(c5ccccc5-c5ccccc53)c3ccc(N(c5ccccc5)c5cccc6ccccc56)cc3C43c4ccccc4-c4ccccc43)c2)cc1. The summed E-state index contributed by atoms with van der Waals surface area (Å²) in [6, 6.07) is 109. The van der Waals surface area contributed by atoms with E-state index < -0.39 is 10.8 Å². The molecular formula is C72H48N2. The predicted octanol–water partition coefficient (Wildman–Crippen LogP) is 18.5. The van der Waals surface area contributed by atoms with Crippen LogP contribution < -0.4 is 9.80 Å². The lowest BCUT2D eigenvalue weighted by molar-refractivity contribution is 0.633. The molecule has 346 valence electrons. The number of para-hydroxylation sites is 2. The van der Waals surface area contributed by atoms with Crippen molar-refractivity contribution < 1.29 is 0 Å². The Morgan fingerprint density at radius 3 is 1.14 bits per heavy atom. The number of benzene rings is 12. The maximum absolute atomic E-state index is 2.57. The second-order valence-corrected chi connectivity index (χ2v) is 19.9. The van der Waals surface area contributed by atoms with E-state index in [-0.39, 0.29) is 0 Å². The van der Waals surface area contributed by atoms with Gasteiger partial charge in [0.05, 0.1) is 16.5 Å². The number of hydrogen-bond acceptors (Lipinski definition) is 2. The molecule has 12 aromatic rings. The molecule has 0 bridgehead atoms. The molecule has 0 fully saturated rings. The largest absolute Gasteiger partial charge is 0.310 e. The average molecular weight is 941 g/mol. The first kappa shape index (κ1) is 42.2. The van der Waals surface area contributed by atoms with Crippen LogP contribution in [0.2, 0.25) is 0 Å². The van der Waals surface area contributed by atoms with Crippen LogP contribution in [-0.2, 0) is 10.8 Å². The molecule has 12 aromatic carbocycles. The number of anilines is 6. The Kier molecular flexibility index (Phi) is 9.43. The molecule has 0 amide bonds. The van der Waals surface area contributed by atoms with Crippen molar-refractivity contribution in [3.8, 4) is 33.4 Å². The molecular weight excluding hydrogens is 893 g/mol. The predicted molar refractivity (Wildman–Crippen MR) is 307 cm³/mol. The van der Waals surface area contributed by atoms with Crippen LogP contribution in [0.3, 0.4) is 0 Å². The van der Waals surface area contributed by atoms with Crippen LogP contribution in [0, 0.1) is 0 Å². The maximum Gasteiger partial charge on any atom is 0.0720 e. The van der Waals surface area contributed by atoms with Crippen molar-refractivity contribution in [3.05, 3.63) is 336 Å². The summed E-state index contributed by atoms with van der Waals surface area (Å²) in [6.45, 7) is 0. The topological polar surface area (TPSA) is 6.48 Å². The van der Waals surface area contributed by atoms with Crippen LogP contribution in [0.1, 0.15) is 44.5 Å². The highest BCUT2D eigenvalue weighted by Crippen LogP contribution is 2.68. The van der Waals surface area contributed by atoms with Gasteiger partial charge in [0, 0.05) is 33.8 Å². The van der Waals surface area contributed by atoms with Crippen LogP contribution in [0.5, 0.6) is 0 Å². The molecule has 3 aliphatic rings. The fraction of sp³-hybridized carbons (Fsp3) is 0.0278. The van der Waals surface area contributed by atoms with Crippen molar-refractivity contribution >= 4 is 44.9 Å². The Morgan fingerprint density at radius 2 is 0.595 bits per heavy atom. The standard InChI is InChI=1S/C72H48N2/c1-4-22-49(23-5-1)51-26-20-31-54(46-51)73(52-27-6-2-7-28-52)55-42-44-66-68(47-55)71(62-37-16-12-33-58(62)59-34-13-17-38-63(59)71)67-45-43-56(48-69(67)72(66)64-39-18-14-35-60(64)61-36-15-19-40-65(61)72)74(53-29-8-3-9-30-53)70-41-21-25-50-24-10-11-32-57(50)70/h1-48H. The van der Waals surface area contributed by atoms with Crippen molar-refractivity contribution in [3.63, 3.8) is 0 Å². The van der Waals surface area contributed by atoms with E-state index in [1.54, 1.807) is 0 Å². The van der Waals surface area contributed by atoms with Gasteiger partial charge in [0.2, 0.25) is 0 Å². The molecule has 15 rings (SSSR count). The van der Waals surface area contributed by atoms with Gasteiger partial charge < -0.3 is 9.80 Å². The van der Waals surface area contributed by atoms with E-state index in [0.29, 0.717) is 0 Å². The first-order valence-corrected chi connectivity index (χ1v) is 25.8. The van der Waals surface area contributed by atoms with Gasteiger partial charge in [0.15, 0.2) is 0 Å². The van der Waals surface area contributed by atoms with Crippen molar-refractivity contribution in [1.82, 2.24) is 0 Å². The normalized spacial score (nSPS) is 13.6. The fourth-order valence-electron chi connectivity index (χ4n) is 13.4. The zero-order chi connectivity index (χ0) is 48.8. The monoisotopic (exact) mass is 940 g/mol. The molecule has 3 aliphatic carbocycles. The summed E-state index contributed by atoms with van der Waals surface area (Å²) in [6.07, 6.45) is 0. The highest BCUT2D eigenvalue weighted by molar-refractivity contribution is 6.00. The Balaban J connectivity index is 1.08. The summed E-state index contributed by atoms with van der Waals surface area (Å²) >= 11 is 0. The van der Waals surface area contributed by atoms with E-state index in [4.69, 9.17) is 0 Å². The van der Waals surface area contributed by atoms with Gasteiger partial charge in [-0.2, -0.15) is 0 Å². The van der Waals surface area contributed by atoms with E-state index >= 15 is 0 Å². The summed E-state index contributed by atoms with van der Waals surface area (Å²) in [4.78, 5) is 4.93. The molecule has 2 nitrogen and oxygen atoms in total. The van der Waals surface area contributed by atoms with Gasteiger partial charge in [-0.15, -0.1) is 0 Å². The molecule has 0 atom stereocenters.